The molecule has 0 atom stereocenters. The number of hydrazine groups is 1. The summed E-state index contributed by atoms with van der Waals surface area (Å²) in [7, 11) is 0. The molecule has 2 aromatic rings. The second-order valence-corrected chi connectivity index (χ2v) is 4.20. The van der Waals surface area contributed by atoms with Gasteiger partial charge in [-0.1, -0.05) is 6.07 Å². The van der Waals surface area contributed by atoms with Gasteiger partial charge in [-0.2, -0.15) is 0 Å². The summed E-state index contributed by atoms with van der Waals surface area (Å²) in [5.74, 6) is -1.78. The maximum Gasteiger partial charge on any atom is 0.573 e. The number of pyridine rings is 1. The molecule has 0 aliphatic carbocycles. The summed E-state index contributed by atoms with van der Waals surface area (Å²) in [5.41, 5.74) is 4.40. The standard InChI is InChI=1S/C14H10F3N3O3/c15-14(16,17)23-10-6-4-9(5-7-10)12(21)19-20-13(22)11-3-1-2-8-18-11/h1-8H,(H,19,21)(H,20,22). The minimum atomic E-state index is -4.81. The fourth-order valence-electron chi connectivity index (χ4n) is 1.55. The van der Waals surface area contributed by atoms with Gasteiger partial charge in [-0.3, -0.25) is 25.4 Å². The molecule has 6 nitrogen and oxygen atoms in total. The first-order chi connectivity index (χ1) is 10.8. The van der Waals surface area contributed by atoms with Crippen molar-refractivity contribution < 1.29 is 27.5 Å². The third-order valence-electron chi connectivity index (χ3n) is 2.54. The highest BCUT2D eigenvalue weighted by Crippen LogP contribution is 2.22. The van der Waals surface area contributed by atoms with E-state index in [1.165, 1.54) is 12.3 Å². The van der Waals surface area contributed by atoms with Crippen LogP contribution in [0, 0.1) is 0 Å². The van der Waals surface area contributed by atoms with Crippen LogP contribution in [0.4, 0.5) is 13.2 Å². The van der Waals surface area contributed by atoms with Gasteiger partial charge in [0.1, 0.15) is 11.4 Å². The Bertz CT molecular complexity index is 688. The molecule has 1 aromatic heterocycles. The van der Waals surface area contributed by atoms with Gasteiger partial charge < -0.3 is 4.74 Å². The van der Waals surface area contributed by atoms with Gasteiger partial charge in [-0.25, -0.2) is 0 Å². The lowest BCUT2D eigenvalue weighted by atomic mass is 10.2. The molecule has 0 radical (unpaired) electrons. The Morgan fingerprint density at radius 1 is 0.957 bits per heavy atom. The Balaban J connectivity index is 1.92. The number of ether oxygens (including phenoxy) is 1. The molecular weight excluding hydrogens is 315 g/mol. The molecule has 0 unspecified atom stereocenters. The third kappa shape index (κ3) is 4.99. The average Bonchev–Trinajstić information content (AvgIpc) is 2.52. The fraction of sp³-hybridized carbons (Fsp3) is 0.0714. The van der Waals surface area contributed by atoms with E-state index >= 15 is 0 Å². The number of amides is 2. The van der Waals surface area contributed by atoms with E-state index in [0.717, 1.165) is 24.3 Å². The Hall–Kier alpha value is -3.10. The Labute approximate surface area is 128 Å². The largest absolute Gasteiger partial charge is 0.573 e. The number of carbonyl (C=O) groups is 2. The summed E-state index contributed by atoms with van der Waals surface area (Å²) in [6, 6.07) is 8.91. The van der Waals surface area contributed by atoms with E-state index < -0.39 is 23.9 Å². The van der Waals surface area contributed by atoms with E-state index in [4.69, 9.17) is 0 Å². The topological polar surface area (TPSA) is 80.3 Å². The predicted octanol–water partition coefficient (Wildman–Crippen LogP) is 2.05. The van der Waals surface area contributed by atoms with Crippen molar-refractivity contribution >= 4 is 11.8 Å². The van der Waals surface area contributed by atoms with Crippen LogP contribution in [0.3, 0.4) is 0 Å². The van der Waals surface area contributed by atoms with Gasteiger partial charge in [0.15, 0.2) is 0 Å². The highest BCUT2D eigenvalue weighted by atomic mass is 19.4. The highest BCUT2D eigenvalue weighted by molar-refractivity contribution is 5.98. The van der Waals surface area contributed by atoms with Crippen LogP contribution in [0.1, 0.15) is 20.8 Å². The summed E-state index contributed by atoms with van der Waals surface area (Å²) in [6.07, 6.45) is -3.39. The highest BCUT2D eigenvalue weighted by Gasteiger charge is 2.31. The van der Waals surface area contributed by atoms with Crippen LogP contribution in [0.15, 0.2) is 48.7 Å². The van der Waals surface area contributed by atoms with Crippen molar-refractivity contribution in [2.24, 2.45) is 0 Å². The van der Waals surface area contributed by atoms with Gasteiger partial charge in [0.05, 0.1) is 0 Å². The van der Waals surface area contributed by atoms with E-state index in [-0.39, 0.29) is 11.3 Å². The Morgan fingerprint density at radius 3 is 2.17 bits per heavy atom. The Kier molecular flexibility index (Phi) is 4.79. The number of carbonyl (C=O) groups excluding carboxylic acids is 2. The molecule has 1 aromatic carbocycles. The van der Waals surface area contributed by atoms with E-state index in [1.54, 1.807) is 12.1 Å². The van der Waals surface area contributed by atoms with Crippen LogP contribution in [0.5, 0.6) is 5.75 Å². The van der Waals surface area contributed by atoms with Crippen LogP contribution in [0.2, 0.25) is 0 Å². The van der Waals surface area contributed by atoms with Crippen molar-refractivity contribution in [3.05, 3.63) is 59.9 Å². The van der Waals surface area contributed by atoms with Gasteiger partial charge in [-0.15, -0.1) is 13.2 Å². The second-order valence-electron chi connectivity index (χ2n) is 4.20. The van der Waals surface area contributed by atoms with Gasteiger partial charge in [0, 0.05) is 11.8 Å². The number of hydrogen-bond acceptors (Lipinski definition) is 4. The SMILES string of the molecule is O=C(NNC(=O)c1ccccn1)c1ccc(OC(F)(F)F)cc1. The smallest absolute Gasteiger partial charge is 0.406 e. The molecule has 0 spiro atoms. The number of halogens is 3. The van der Waals surface area contributed by atoms with Crippen LogP contribution in [-0.2, 0) is 0 Å². The number of aromatic nitrogens is 1. The van der Waals surface area contributed by atoms with E-state index in [2.05, 4.69) is 20.6 Å². The van der Waals surface area contributed by atoms with Crippen molar-refractivity contribution in [3.63, 3.8) is 0 Å². The molecule has 2 N–H and O–H groups in total. The summed E-state index contributed by atoms with van der Waals surface area (Å²) in [6.45, 7) is 0. The molecule has 0 bridgehead atoms. The zero-order valence-corrected chi connectivity index (χ0v) is 11.4. The summed E-state index contributed by atoms with van der Waals surface area (Å²) in [5, 5.41) is 0. The predicted molar refractivity (Wildman–Crippen MR) is 72.3 cm³/mol. The van der Waals surface area contributed by atoms with Gasteiger partial charge >= 0.3 is 6.36 Å². The molecule has 2 amide bonds. The molecule has 120 valence electrons. The quantitative estimate of drug-likeness (QED) is 0.847. The summed E-state index contributed by atoms with van der Waals surface area (Å²) < 4.78 is 39.7. The molecule has 0 fully saturated rings. The maximum absolute atomic E-state index is 12.0. The van der Waals surface area contributed by atoms with Crippen LogP contribution in [0.25, 0.3) is 0 Å². The molecule has 0 saturated heterocycles. The minimum absolute atomic E-state index is 0.0424. The van der Waals surface area contributed by atoms with Crippen molar-refractivity contribution in [2.75, 3.05) is 0 Å². The second kappa shape index (κ2) is 6.77. The molecule has 1 heterocycles. The molecule has 9 heteroatoms. The normalized spacial score (nSPS) is 10.7. The average molecular weight is 325 g/mol. The molecule has 2 rings (SSSR count). The number of alkyl halides is 3. The lowest BCUT2D eigenvalue weighted by Crippen LogP contribution is -2.41. The summed E-state index contributed by atoms with van der Waals surface area (Å²) >= 11 is 0. The van der Waals surface area contributed by atoms with Crippen molar-refractivity contribution in [1.82, 2.24) is 15.8 Å². The Morgan fingerprint density at radius 2 is 1.61 bits per heavy atom. The van der Waals surface area contributed by atoms with Crippen molar-refractivity contribution in [1.29, 1.82) is 0 Å². The van der Waals surface area contributed by atoms with Gasteiger partial charge in [0.2, 0.25) is 0 Å². The zero-order valence-electron chi connectivity index (χ0n) is 11.4. The third-order valence-corrected chi connectivity index (χ3v) is 2.54. The molecule has 0 saturated carbocycles. The number of nitrogens with zero attached hydrogens (tertiary/aromatic N) is 1. The fourth-order valence-corrected chi connectivity index (χ4v) is 1.55. The first-order valence-electron chi connectivity index (χ1n) is 6.23. The van der Waals surface area contributed by atoms with Crippen LogP contribution >= 0.6 is 0 Å². The maximum atomic E-state index is 12.0. The number of benzene rings is 1. The zero-order chi connectivity index (χ0) is 16.9. The van der Waals surface area contributed by atoms with Crippen molar-refractivity contribution in [2.45, 2.75) is 6.36 Å². The monoisotopic (exact) mass is 325 g/mol. The van der Waals surface area contributed by atoms with Crippen LogP contribution < -0.4 is 15.6 Å². The van der Waals surface area contributed by atoms with E-state index in [9.17, 15) is 22.8 Å². The van der Waals surface area contributed by atoms with E-state index in [1.807, 2.05) is 0 Å². The van der Waals surface area contributed by atoms with Gasteiger partial charge in [0.25, 0.3) is 11.8 Å². The summed E-state index contributed by atoms with van der Waals surface area (Å²) in [4.78, 5) is 27.2. The number of hydrogen-bond donors (Lipinski definition) is 2. The molecule has 0 aliphatic heterocycles. The first kappa shape index (κ1) is 16.3. The van der Waals surface area contributed by atoms with E-state index in [0.29, 0.717) is 0 Å². The van der Waals surface area contributed by atoms with Crippen molar-refractivity contribution in [3.8, 4) is 5.75 Å². The molecule has 0 aliphatic rings. The van der Waals surface area contributed by atoms with Gasteiger partial charge in [-0.05, 0) is 36.4 Å². The van der Waals surface area contributed by atoms with Crippen LogP contribution in [-0.4, -0.2) is 23.2 Å². The molecular formula is C14H10F3N3O3. The minimum Gasteiger partial charge on any atom is -0.406 e. The lowest BCUT2D eigenvalue weighted by Gasteiger charge is -2.10. The first-order valence-corrected chi connectivity index (χ1v) is 6.23. The number of nitrogens with one attached hydrogen (secondary N) is 2. The molecule has 23 heavy (non-hydrogen) atoms. The number of rotatable bonds is 3. The lowest BCUT2D eigenvalue weighted by molar-refractivity contribution is -0.274.